The van der Waals surface area contributed by atoms with Gasteiger partial charge in [0.2, 0.25) is 5.91 Å². The van der Waals surface area contributed by atoms with Gasteiger partial charge in [0.1, 0.15) is 0 Å². The summed E-state index contributed by atoms with van der Waals surface area (Å²) in [6.45, 7) is 2.99. The zero-order valence-corrected chi connectivity index (χ0v) is 16.6. The zero-order chi connectivity index (χ0) is 21.3. The molecule has 1 amide bonds. The van der Waals surface area contributed by atoms with E-state index in [4.69, 9.17) is 4.18 Å². The fraction of sp³-hybridized carbons (Fsp3) is 0.800. The van der Waals surface area contributed by atoms with Crippen molar-refractivity contribution in [2.75, 3.05) is 32.6 Å². The predicted molar refractivity (Wildman–Crippen MR) is 92.4 cm³/mol. The van der Waals surface area contributed by atoms with Crippen molar-refractivity contribution in [1.82, 2.24) is 5.32 Å². The van der Waals surface area contributed by atoms with Crippen molar-refractivity contribution in [3.8, 4) is 0 Å². The molecule has 0 saturated carbocycles. The van der Waals surface area contributed by atoms with E-state index in [0.717, 1.165) is 7.11 Å². The molecule has 11 nitrogen and oxygen atoms in total. The molecule has 0 rings (SSSR count). The summed E-state index contributed by atoms with van der Waals surface area (Å²) < 4.78 is 37.5. The van der Waals surface area contributed by atoms with Crippen molar-refractivity contribution < 1.29 is 46.7 Å². The number of aliphatic carboxylic acids is 1. The summed E-state index contributed by atoms with van der Waals surface area (Å²) in [4.78, 5) is 33.2. The van der Waals surface area contributed by atoms with Gasteiger partial charge in [0.15, 0.2) is 5.60 Å². The van der Waals surface area contributed by atoms with Crippen LogP contribution in [-0.2, 0) is 33.4 Å². The number of amides is 1. The third-order valence-electron chi connectivity index (χ3n) is 3.87. The number of methoxy groups -OCH3 is 1. The molecule has 0 heterocycles. The third-order valence-corrected chi connectivity index (χ3v) is 5.13. The van der Waals surface area contributed by atoms with Crippen LogP contribution in [0.15, 0.2) is 0 Å². The molecule has 158 valence electrons. The number of ether oxygens (including phenoxy) is 2. The van der Waals surface area contributed by atoms with E-state index in [1.807, 2.05) is 0 Å². The summed E-state index contributed by atoms with van der Waals surface area (Å²) >= 11 is 0. The fourth-order valence-corrected chi connectivity index (χ4v) is 3.09. The van der Waals surface area contributed by atoms with Gasteiger partial charge in [-0.2, -0.15) is 8.42 Å². The minimum atomic E-state index is -4.00. The number of carbonyl (C=O) groups is 3. The highest BCUT2D eigenvalue weighted by Gasteiger charge is 2.50. The van der Waals surface area contributed by atoms with E-state index >= 15 is 0 Å². The first-order chi connectivity index (χ1) is 12.3. The van der Waals surface area contributed by atoms with E-state index in [1.54, 1.807) is 0 Å². The van der Waals surface area contributed by atoms with Gasteiger partial charge in [-0.3, -0.25) is 8.98 Å². The molecule has 0 radical (unpaired) electrons. The monoisotopic (exact) mass is 413 g/mol. The topological polar surface area (TPSA) is 166 Å². The number of hydrogen-bond donors (Lipinski definition) is 3. The van der Waals surface area contributed by atoms with Gasteiger partial charge in [-0.25, -0.2) is 9.59 Å². The first kappa shape index (κ1) is 25.1. The number of rotatable bonds is 12. The molecule has 12 heteroatoms. The van der Waals surface area contributed by atoms with E-state index in [-0.39, 0.29) is 24.6 Å². The van der Waals surface area contributed by atoms with Crippen LogP contribution in [0.25, 0.3) is 0 Å². The van der Waals surface area contributed by atoms with Gasteiger partial charge in [0.25, 0.3) is 10.1 Å². The molecule has 0 aromatic carbocycles. The van der Waals surface area contributed by atoms with Crippen molar-refractivity contribution in [2.45, 2.75) is 39.2 Å². The number of nitrogens with one attached hydrogen (secondary N) is 1. The molecule has 0 bridgehead atoms. The Morgan fingerprint density at radius 3 is 2.26 bits per heavy atom. The van der Waals surface area contributed by atoms with Crippen LogP contribution >= 0.6 is 0 Å². The maximum Gasteiger partial charge on any atom is 0.507 e. The maximum absolute atomic E-state index is 11.9. The van der Waals surface area contributed by atoms with E-state index in [0.29, 0.717) is 0 Å². The van der Waals surface area contributed by atoms with Crippen LogP contribution in [0.5, 0.6) is 0 Å². The van der Waals surface area contributed by atoms with Crippen molar-refractivity contribution in [2.24, 2.45) is 5.41 Å². The van der Waals surface area contributed by atoms with Gasteiger partial charge >= 0.3 is 12.1 Å². The largest absolute Gasteiger partial charge is 0.507 e. The Morgan fingerprint density at radius 2 is 1.78 bits per heavy atom. The highest BCUT2D eigenvalue weighted by Crippen LogP contribution is 2.35. The summed E-state index contributed by atoms with van der Waals surface area (Å²) in [5, 5.41) is 22.3. The summed E-state index contributed by atoms with van der Waals surface area (Å²) in [5.74, 6) is -2.30. The molecular weight excluding hydrogens is 386 g/mol. The summed E-state index contributed by atoms with van der Waals surface area (Å²) in [6, 6.07) is 0. The van der Waals surface area contributed by atoms with E-state index in [9.17, 15) is 33.0 Å². The summed E-state index contributed by atoms with van der Waals surface area (Å²) in [7, 11) is -2.93. The lowest BCUT2D eigenvalue weighted by Crippen LogP contribution is -2.54. The van der Waals surface area contributed by atoms with E-state index in [2.05, 4.69) is 14.8 Å². The zero-order valence-electron chi connectivity index (χ0n) is 15.8. The van der Waals surface area contributed by atoms with Crippen molar-refractivity contribution in [3.63, 3.8) is 0 Å². The minimum absolute atomic E-state index is 0.110. The first-order valence-corrected chi connectivity index (χ1v) is 9.63. The molecule has 0 saturated heterocycles. The molecule has 0 fully saturated rings. The lowest BCUT2D eigenvalue weighted by Gasteiger charge is -2.38. The molecule has 27 heavy (non-hydrogen) atoms. The summed E-state index contributed by atoms with van der Waals surface area (Å²) in [5.41, 5.74) is -3.96. The Morgan fingerprint density at radius 1 is 1.19 bits per heavy atom. The number of carboxylic acid groups (broad SMARTS) is 1. The molecular formula is C15H27NO10S. The number of aliphatic hydroxyl groups is 1. The minimum Gasteiger partial charge on any atom is -0.479 e. The van der Waals surface area contributed by atoms with Crippen LogP contribution in [0.4, 0.5) is 4.79 Å². The number of carboxylic acids is 1. The van der Waals surface area contributed by atoms with Crippen LogP contribution < -0.4 is 5.32 Å². The van der Waals surface area contributed by atoms with Crippen LogP contribution in [0, 0.1) is 5.41 Å². The normalized spacial score (nSPS) is 14.1. The van der Waals surface area contributed by atoms with Gasteiger partial charge in [-0.05, 0) is 6.42 Å². The summed E-state index contributed by atoms with van der Waals surface area (Å²) in [6.07, 6.45) is -1.44. The molecule has 0 spiro atoms. The highest BCUT2D eigenvalue weighted by atomic mass is 32.2. The van der Waals surface area contributed by atoms with Gasteiger partial charge in [0.05, 0.1) is 26.1 Å². The number of carbonyl (C=O) groups excluding carboxylic acids is 2. The molecule has 0 aromatic rings. The molecule has 1 atom stereocenters. The smallest absolute Gasteiger partial charge is 0.479 e. The highest BCUT2D eigenvalue weighted by molar-refractivity contribution is 7.86. The van der Waals surface area contributed by atoms with Gasteiger partial charge in [-0.1, -0.05) is 13.8 Å². The second-order valence-corrected chi connectivity index (χ2v) is 8.22. The van der Waals surface area contributed by atoms with Gasteiger partial charge in [-0.15, -0.1) is 0 Å². The van der Waals surface area contributed by atoms with Crippen LogP contribution in [-0.4, -0.2) is 74.9 Å². The molecule has 0 aliphatic rings. The molecule has 0 aliphatic carbocycles. The van der Waals surface area contributed by atoms with E-state index < -0.39 is 52.9 Å². The van der Waals surface area contributed by atoms with E-state index in [1.165, 1.54) is 20.8 Å². The first-order valence-electron chi connectivity index (χ1n) is 8.05. The molecule has 0 aliphatic heterocycles. The Balaban J connectivity index is 4.87. The Bertz CT molecular complexity index is 631. The second kappa shape index (κ2) is 10.4. The Labute approximate surface area is 158 Å². The SMILES string of the molecule is COC(=O)OCC[C@](O)(C(=O)O)C(C)(C)COS(=O)(=O)CCCNC(C)=O. The van der Waals surface area contributed by atoms with Crippen LogP contribution in [0.2, 0.25) is 0 Å². The third kappa shape index (κ3) is 8.54. The predicted octanol–water partition coefficient (Wildman–Crippen LogP) is -0.126. The fourth-order valence-electron chi connectivity index (χ4n) is 2.00. The molecule has 3 N–H and O–H groups in total. The van der Waals surface area contributed by atoms with Gasteiger partial charge < -0.3 is 25.0 Å². The standard InChI is InChI=1S/C15H27NO10S/c1-11(17)16-7-5-9-27(22,23)26-10-14(2,3)15(21,12(18)19)6-8-25-13(20)24-4/h21H,5-10H2,1-4H3,(H,16,17)(H,18,19)/t15-/m0/s1. The lowest BCUT2D eigenvalue weighted by atomic mass is 9.73. The second-order valence-electron chi connectivity index (χ2n) is 6.46. The van der Waals surface area contributed by atoms with Crippen LogP contribution in [0.3, 0.4) is 0 Å². The Hall–Kier alpha value is -1.92. The molecule has 0 aromatic heterocycles. The van der Waals surface area contributed by atoms with Crippen molar-refractivity contribution in [1.29, 1.82) is 0 Å². The maximum atomic E-state index is 11.9. The quantitative estimate of drug-likeness (QED) is 0.223. The van der Waals surface area contributed by atoms with Crippen molar-refractivity contribution in [3.05, 3.63) is 0 Å². The average molecular weight is 413 g/mol. The average Bonchev–Trinajstić information content (AvgIpc) is 2.56. The number of hydrogen-bond acceptors (Lipinski definition) is 9. The Kier molecular flexibility index (Phi) is 9.68. The van der Waals surface area contributed by atoms with Crippen LogP contribution in [0.1, 0.15) is 33.6 Å². The lowest BCUT2D eigenvalue weighted by molar-refractivity contribution is -0.178. The van der Waals surface area contributed by atoms with Crippen molar-refractivity contribution >= 4 is 28.1 Å². The van der Waals surface area contributed by atoms with Gasteiger partial charge in [0, 0.05) is 25.3 Å². The molecule has 0 unspecified atom stereocenters.